The average molecular weight is 309 g/mol. The Morgan fingerprint density at radius 3 is 2.48 bits per heavy atom. The SMILES string of the molecule is CS(=O)(=O)c1ccc(CNCc2cnn(CCO)c2)cc1. The third kappa shape index (κ3) is 4.66. The fourth-order valence-electron chi connectivity index (χ4n) is 1.93. The van der Waals surface area contributed by atoms with Gasteiger partial charge in [-0.25, -0.2) is 8.42 Å². The van der Waals surface area contributed by atoms with Crippen molar-refractivity contribution in [3.8, 4) is 0 Å². The molecule has 21 heavy (non-hydrogen) atoms. The number of benzene rings is 1. The van der Waals surface area contributed by atoms with E-state index in [1.54, 1.807) is 35.1 Å². The summed E-state index contributed by atoms with van der Waals surface area (Å²) in [5, 5.41) is 16.2. The Hall–Kier alpha value is -1.70. The molecule has 0 amide bonds. The molecule has 0 fully saturated rings. The first-order chi connectivity index (χ1) is 9.99. The molecule has 0 atom stereocenters. The highest BCUT2D eigenvalue weighted by molar-refractivity contribution is 7.90. The molecular formula is C14H19N3O3S. The Morgan fingerprint density at radius 2 is 1.86 bits per heavy atom. The fraction of sp³-hybridized carbons (Fsp3) is 0.357. The number of rotatable bonds is 7. The molecule has 0 saturated carbocycles. The topological polar surface area (TPSA) is 84.2 Å². The van der Waals surface area contributed by atoms with Crippen LogP contribution in [-0.4, -0.2) is 36.2 Å². The Morgan fingerprint density at radius 1 is 1.19 bits per heavy atom. The molecule has 2 aromatic rings. The van der Waals surface area contributed by atoms with Gasteiger partial charge >= 0.3 is 0 Å². The minimum absolute atomic E-state index is 0.0707. The second-order valence-electron chi connectivity index (χ2n) is 4.85. The molecule has 1 heterocycles. The van der Waals surface area contributed by atoms with E-state index < -0.39 is 9.84 Å². The van der Waals surface area contributed by atoms with E-state index in [0.29, 0.717) is 24.5 Å². The van der Waals surface area contributed by atoms with Crippen LogP contribution in [0.25, 0.3) is 0 Å². The first-order valence-corrected chi connectivity index (χ1v) is 8.50. The summed E-state index contributed by atoms with van der Waals surface area (Å²) in [6.45, 7) is 1.88. The predicted octanol–water partition coefficient (Wildman–Crippen LogP) is 0.569. The first kappa shape index (κ1) is 15.7. The molecule has 0 bridgehead atoms. The Kier molecular flexibility index (Phi) is 5.11. The minimum atomic E-state index is -3.14. The number of nitrogens with zero attached hydrogens (tertiary/aromatic N) is 2. The van der Waals surface area contributed by atoms with Gasteiger partial charge in [0, 0.05) is 31.1 Å². The molecule has 114 valence electrons. The van der Waals surface area contributed by atoms with Crippen LogP contribution in [0, 0.1) is 0 Å². The van der Waals surface area contributed by atoms with Gasteiger partial charge in [0.2, 0.25) is 0 Å². The van der Waals surface area contributed by atoms with Crippen LogP contribution in [0.2, 0.25) is 0 Å². The van der Waals surface area contributed by atoms with Crippen LogP contribution in [-0.2, 0) is 29.5 Å². The second kappa shape index (κ2) is 6.84. The van der Waals surface area contributed by atoms with Gasteiger partial charge in [-0.2, -0.15) is 5.10 Å². The smallest absolute Gasteiger partial charge is 0.175 e. The van der Waals surface area contributed by atoms with E-state index in [9.17, 15) is 8.42 Å². The van der Waals surface area contributed by atoms with Crippen LogP contribution in [0.4, 0.5) is 0 Å². The normalized spacial score (nSPS) is 11.7. The maximum absolute atomic E-state index is 11.4. The second-order valence-corrected chi connectivity index (χ2v) is 6.87. The highest BCUT2D eigenvalue weighted by Crippen LogP contribution is 2.10. The minimum Gasteiger partial charge on any atom is -0.394 e. The third-order valence-electron chi connectivity index (χ3n) is 3.03. The highest BCUT2D eigenvalue weighted by Gasteiger charge is 2.06. The van der Waals surface area contributed by atoms with Crippen LogP contribution < -0.4 is 5.32 Å². The number of hydrogen-bond donors (Lipinski definition) is 2. The van der Waals surface area contributed by atoms with Gasteiger partial charge in [-0.05, 0) is 17.7 Å². The quantitative estimate of drug-likeness (QED) is 0.781. The zero-order chi connectivity index (χ0) is 15.3. The van der Waals surface area contributed by atoms with Gasteiger partial charge in [-0.15, -0.1) is 0 Å². The van der Waals surface area contributed by atoms with Crippen molar-refractivity contribution in [1.29, 1.82) is 0 Å². The van der Waals surface area contributed by atoms with E-state index in [-0.39, 0.29) is 6.61 Å². The average Bonchev–Trinajstić information content (AvgIpc) is 2.86. The van der Waals surface area contributed by atoms with Crippen molar-refractivity contribution < 1.29 is 13.5 Å². The summed E-state index contributed by atoms with van der Waals surface area (Å²) in [5.41, 5.74) is 2.06. The van der Waals surface area contributed by atoms with Gasteiger partial charge in [-0.1, -0.05) is 12.1 Å². The lowest BCUT2D eigenvalue weighted by Crippen LogP contribution is -2.12. The van der Waals surface area contributed by atoms with Gasteiger partial charge in [0.15, 0.2) is 9.84 Å². The van der Waals surface area contributed by atoms with Gasteiger partial charge in [0.1, 0.15) is 0 Å². The Bertz CT molecular complexity index is 678. The van der Waals surface area contributed by atoms with Crippen molar-refractivity contribution >= 4 is 9.84 Å². The van der Waals surface area contributed by atoms with E-state index >= 15 is 0 Å². The maximum atomic E-state index is 11.4. The number of hydrogen-bond acceptors (Lipinski definition) is 5. The molecule has 6 nitrogen and oxygen atoms in total. The van der Waals surface area contributed by atoms with Crippen LogP contribution in [0.5, 0.6) is 0 Å². The summed E-state index contributed by atoms with van der Waals surface area (Å²) in [7, 11) is -3.14. The number of aromatic nitrogens is 2. The standard InChI is InChI=1S/C14H19N3O3S/c1-21(19,20)14-4-2-12(3-5-14)8-15-9-13-10-16-17(11-13)6-7-18/h2-5,10-11,15,18H,6-9H2,1H3. The van der Waals surface area contributed by atoms with Crippen molar-refractivity contribution in [2.45, 2.75) is 24.5 Å². The van der Waals surface area contributed by atoms with Crippen LogP contribution >= 0.6 is 0 Å². The molecule has 0 unspecified atom stereocenters. The maximum Gasteiger partial charge on any atom is 0.175 e. The van der Waals surface area contributed by atoms with Gasteiger partial charge in [0.25, 0.3) is 0 Å². The molecule has 0 saturated heterocycles. The van der Waals surface area contributed by atoms with E-state index in [4.69, 9.17) is 5.11 Å². The fourth-order valence-corrected chi connectivity index (χ4v) is 2.56. The molecule has 1 aromatic carbocycles. The van der Waals surface area contributed by atoms with E-state index in [1.807, 2.05) is 6.20 Å². The van der Waals surface area contributed by atoms with Crippen LogP contribution in [0.3, 0.4) is 0 Å². The number of nitrogens with one attached hydrogen (secondary N) is 1. The number of aliphatic hydroxyl groups excluding tert-OH is 1. The lowest BCUT2D eigenvalue weighted by molar-refractivity contribution is 0.269. The van der Waals surface area contributed by atoms with Crippen LogP contribution in [0.1, 0.15) is 11.1 Å². The molecule has 0 aliphatic heterocycles. The predicted molar refractivity (Wildman–Crippen MR) is 79.4 cm³/mol. The lowest BCUT2D eigenvalue weighted by Gasteiger charge is -2.04. The summed E-state index contributed by atoms with van der Waals surface area (Å²) in [5.74, 6) is 0. The molecule has 0 spiro atoms. The molecular weight excluding hydrogens is 290 g/mol. The largest absolute Gasteiger partial charge is 0.394 e. The van der Waals surface area contributed by atoms with Gasteiger partial charge in [-0.3, -0.25) is 4.68 Å². The number of aliphatic hydroxyl groups is 1. The molecule has 0 aliphatic rings. The first-order valence-electron chi connectivity index (χ1n) is 6.61. The molecule has 2 rings (SSSR count). The van der Waals surface area contributed by atoms with E-state index in [1.165, 1.54) is 6.26 Å². The summed E-state index contributed by atoms with van der Waals surface area (Å²) in [4.78, 5) is 0.330. The zero-order valence-corrected chi connectivity index (χ0v) is 12.7. The highest BCUT2D eigenvalue weighted by atomic mass is 32.2. The van der Waals surface area contributed by atoms with Crippen molar-refractivity contribution in [3.05, 3.63) is 47.8 Å². The summed E-state index contributed by atoms with van der Waals surface area (Å²) in [6.07, 6.45) is 4.84. The summed E-state index contributed by atoms with van der Waals surface area (Å²) in [6, 6.07) is 6.84. The van der Waals surface area contributed by atoms with Crippen molar-refractivity contribution in [2.75, 3.05) is 12.9 Å². The molecule has 0 radical (unpaired) electrons. The van der Waals surface area contributed by atoms with Gasteiger partial charge in [0.05, 0.1) is 24.2 Å². The molecule has 2 N–H and O–H groups in total. The zero-order valence-electron chi connectivity index (χ0n) is 11.9. The Balaban J connectivity index is 1.85. The van der Waals surface area contributed by atoms with E-state index in [0.717, 1.165) is 11.1 Å². The molecule has 1 aromatic heterocycles. The summed E-state index contributed by atoms with van der Waals surface area (Å²) < 4.78 is 24.4. The Labute approximate surface area is 124 Å². The van der Waals surface area contributed by atoms with Crippen molar-refractivity contribution in [3.63, 3.8) is 0 Å². The lowest BCUT2D eigenvalue weighted by atomic mass is 10.2. The molecule has 7 heteroatoms. The van der Waals surface area contributed by atoms with Crippen molar-refractivity contribution in [1.82, 2.24) is 15.1 Å². The van der Waals surface area contributed by atoms with Crippen molar-refractivity contribution in [2.24, 2.45) is 0 Å². The summed E-state index contributed by atoms with van der Waals surface area (Å²) >= 11 is 0. The monoisotopic (exact) mass is 309 g/mol. The molecule has 0 aliphatic carbocycles. The van der Waals surface area contributed by atoms with Gasteiger partial charge < -0.3 is 10.4 Å². The number of sulfone groups is 1. The van der Waals surface area contributed by atoms with Crippen LogP contribution in [0.15, 0.2) is 41.6 Å². The third-order valence-corrected chi connectivity index (χ3v) is 4.15. The van der Waals surface area contributed by atoms with E-state index in [2.05, 4.69) is 10.4 Å².